The van der Waals surface area contributed by atoms with Crippen LogP contribution in [0.5, 0.6) is 0 Å². The molecular weight excluding hydrogens is 206 g/mol. The average Bonchev–Trinajstić information content (AvgIpc) is 2.27. The van der Waals surface area contributed by atoms with Crippen molar-refractivity contribution in [2.45, 2.75) is 12.7 Å². The van der Waals surface area contributed by atoms with Crippen molar-refractivity contribution in [3.63, 3.8) is 0 Å². The Kier molecular flexibility index (Phi) is 3.54. The summed E-state index contributed by atoms with van der Waals surface area (Å²) >= 11 is 0. The quantitative estimate of drug-likeness (QED) is 0.769. The maximum atomic E-state index is 11.2. The summed E-state index contributed by atoms with van der Waals surface area (Å²) in [5.41, 5.74) is 1.64. The molecule has 4 nitrogen and oxygen atoms in total. The van der Waals surface area contributed by atoms with E-state index in [0.717, 1.165) is 18.7 Å². The molecule has 0 saturated carbocycles. The zero-order chi connectivity index (χ0) is 11.4. The van der Waals surface area contributed by atoms with Crippen molar-refractivity contribution < 1.29 is 14.3 Å². The molecule has 0 bridgehead atoms. The number of esters is 1. The molecule has 0 aliphatic carbocycles. The first-order chi connectivity index (χ1) is 7.79. The summed E-state index contributed by atoms with van der Waals surface area (Å²) in [6.45, 7) is 2.45. The molecule has 1 saturated heterocycles. The molecule has 1 heterocycles. The molecule has 16 heavy (non-hydrogen) atoms. The molecule has 0 aromatic heterocycles. The highest BCUT2D eigenvalue weighted by molar-refractivity contribution is 5.89. The summed E-state index contributed by atoms with van der Waals surface area (Å²) < 4.78 is 10.2. The van der Waals surface area contributed by atoms with Gasteiger partial charge in [0, 0.05) is 13.1 Å². The van der Waals surface area contributed by atoms with E-state index in [2.05, 4.69) is 10.1 Å². The number of ether oxygens (including phenoxy) is 2. The van der Waals surface area contributed by atoms with E-state index >= 15 is 0 Å². The van der Waals surface area contributed by atoms with Gasteiger partial charge in [0.25, 0.3) is 0 Å². The molecule has 1 aromatic rings. The zero-order valence-electron chi connectivity index (χ0n) is 9.23. The van der Waals surface area contributed by atoms with Crippen molar-refractivity contribution in [2.24, 2.45) is 0 Å². The SMILES string of the molecule is COC(=O)c1ccc(COC2CNC2)cc1. The Morgan fingerprint density at radius 3 is 2.56 bits per heavy atom. The Hall–Kier alpha value is -1.39. The highest BCUT2D eigenvalue weighted by Crippen LogP contribution is 2.09. The standard InChI is InChI=1S/C12H15NO3/c1-15-12(14)10-4-2-9(3-5-10)8-16-11-6-13-7-11/h2-5,11,13H,6-8H2,1H3. The van der Waals surface area contributed by atoms with Crippen LogP contribution in [0.1, 0.15) is 15.9 Å². The van der Waals surface area contributed by atoms with E-state index in [4.69, 9.17) is 4.74 Å². The van der Waals surface area contributed by atoms with Gasteiger partial charge in [0.2, 0.25) is 0 Å². The summed E-state index contributed by atoms with van der Waals surface area (Å²) in [6.07, 6.45) is 0.334. The normalized spacial score (nSPS) is 15.6. The van der Waals surface area contributed by atoms with Gasteiger partial charge in [0.1, 0.15) is 0 Å². The molecule has 1 aromatic carbocycles. The van der Waals surface area contributed by atoms with E-state index in [1.54, 1.807) is 12.1 Å². The molecule has 2 rings (SSSR count). The molecule has 0 atom stereocenters. The molecule has 0 spiro atoms. The average molecular weight is 221 g/mol. The highest BCUT2D eigenvalue weighted by Gasteiger charge is 2.16. The van der Waals surface area contributed by atoms with Crippen molar-refractivity contribution in [3.8, 4) is 0 Å². The molecule has 1 fully saturated rings. The van der Waals surface area contributed by atoms with E-state index in [1.807, 2.05) is 12.1 Å². The van der Waals surface area contributed by atoms with Gasteiger partial charge < -0.3 is 14.8 Å². The van der Waals surface area contributed by atoms with E-state index in [-0.39, 0.29) is 5.97 Å². The van der Waals surface area contributed by atoms with Crippen molar-refractivity contribution in [3.05, 3.63) is 35.4 Å². The smallest absolute Gasteiger partial charge is 0.337 e. The lowest BCUT2D eigenvalue weighted by molar-refractivity contribution is 0.00756. The predicted octanol–water partition coefficient (Wildman–Crippen LogP) is 0.962. The molecular formula is C12H15NO3. The third-order valence-electron chi connectivity index (χ3n) is 2.60. The van der Waals surface area contributed by atoms with Crippen molar-refractivity contribution in [1.29, 1.82) is 0 Å². The Labute approximate surface area is 94.6 Å². The second-order valence-corrected chi connectivity index (χ2v) is 3.78. The van der Waals surface area contributed by atoms with E-state index in [0.29, 0.717) is 18.3 Å². The van der Waals surface area contributed by atoms with Crippen LogP contribution in [-0.4, -0.2) is 32.3 Å². The van der Waals surface area contributed by atoms with Gasteiger partial charge in [-0.1, -0.05) is 12.1 Å². The second-order valence-electron chi connectivity index (χ2n) is 3.78. The van der Waals surface area contributed by atoms with Crippen LogP contribution < -0.4 is 5.32 Å². The first-order valence-electron chi connectivity index (χ1n) is 5.29. The molecule has 86 valence electrons. The van der Waals surface area contributed by atoms with Crippen LogP contribution in [0.4, 0.5) is 0 Å². The number of rotatable bonds is 4. The number of hydrogen-bond acceptors (Lipinski definition) is 4. The van der Waals surface area contributed by atoms with Crippen LogP contribution in [0.2, 0.25) is 0 Å². The fourth-order valence-electron chi connectivity index (χ4n) is 1.45. The van der Waals surface area contributed by atoms with Crippen molar-refractivity contribution >= 4 is 5.97 Å². The summed E-state index contributed by atoms with van der Waals surface area (Å²) in [5, 5.41) is 3.14. The van der Waals surface area contributed by atoms with Gasteiger partial charge in [-0.3, -0.25) is 0 Å². The monoisotopic (exact) mass is 221 g/mol. The molecule has 0 unspecified atom stereocenters. The maximum Gasteiger partial charge on any atom is 0.337 e. The second kappa shape index (κ2) is 5.09. The number of carbonyl (C=O) groups excluding carboxylic acids is 1. The largest absolute Gasteiger partial charge is 0.465 e. The van der Waals surface area contributed by atoms with Crippen LogP contribution in [0.15, 0.2) is 24.3 Å². The van der Waals surface area contributed by atoms with Gasteiger partial charge >= 0.3 is 5.97 Å². The summed E-state index contributed by atoms with van der Waals surface area (Å²) in [4.78, 5) is 11.2. The number of nitrogens with one attached hydrogen (secondary N) is 1. The van der Waals surface area contributed by atoms with Crippen LogP contribution in [-0.2, 0) is 16.1 Å². The number of benzene rings is 1. The number of carbonyl (C=O) groups is 1. The minimum atomic E-state index is -0.310. The molecule has 1 aliphatic rings. The maximum absolute atomic E-state index is 11.2. The van der Waals surface area contributed by atoms with Gasteiger partial charge in [-0.2, -0.15) is 0 Å². The lowest BCUT2D eigenvalue weighted by atomic mass is 10.1. The molecule has 1 N–H and O–H groups in total. The van der Waals surface area contributed by atoms with Crippen molar-refractivity contribution in [1.82, 2.24) is 5.32 Å². The number of hydrogen-bond donors (Lipinski definition) is 1. The highest BCUT2D eigenvalue weighted by atomic mass is 16.5. The summed E-state index contributed by atoms with van der Waals surface area (Å²) in [5.74, 6) is -0.310. The van der Waals surface area contributed by atoms with E-state index < -0.39 is 0 Å². The van der Waals surface area contributed by atoms with Crippen molar-refractivity contribution in [2.75, 3.05) is 20.2 Å². The lowest BCUT2D eigenvalue weighted by Gasteiger charge is -2.27. The van der Waals surface area contributed by atoms with Crippen LogP contribution in [0, 0.1) is 0 Å². The first kappa shape index (κ1) is 11.1. The minimum Gasteiger partial charge on any atom is -0.465 e. The Morgan fingerprint density at radius 1 is 1.38 bits per heavy atom. The summed E-state index contributed by atoms with van der Waals surface area (Å²) in [6, 6.07) is 7.28. The van der Waals surface area contributed by atoms with E-state index in [9.17, 15) is 4.79 Å². The zero-order valence-corrected chi connectivity index (χ0v) is 9.23. The minimum absolute atomic E-state index is 0.310. The van der Waals surface area contributed by atoms with Gasteiger partial charge in [-0.15, -0.1) is 0 Å². The Morgan fingerprint density at radius 2 is 2.06 bits per heavy atom. The van der Waals surface area contributed by atoms with Crippen LogP contribution in [0.3, 0.4) is 0 Å². The fourth-order valence-corrected chi connectivity index (χ4v) is 1.45. The van der Waals surface area contributed by atoms with E-state index in [1.165, 1.54) is 7.11 Å². The topological polar surface area (TPSA) is 47.6 Å². The third kappa shape index (κ3) is 2.59. The van der Waals surface area contributed by atoms with Crippen LogP contribution in [0.25, 0.3) is 0 Å². The van der Waals surface area contributed by atoms with Crippen LogP contribution >= 0.6 is 0 Å². The molecule has 1 aliphatic heterocycles. The van der Waals surface area contributed by atoms with Gasteiger partial charge in [-0.05, 0) is 17.7 Å². The summed E-state index contributed by atoms with van der Waals surface area (Å²) in [7, 11) is 1.38. The fraction of sp³-hybridized carbons (Fsp3) is 0.417. The Balaban J connectivity index is 1.88. The predicted molar refractivity (Wildman–Crippen MR) is 59.2 cm³/mol. The third-order valence-corrected chi connectivity index (χ3v) is 2.60. The first-order valence-corrected chi connectivity index (χ1v) is 5.29. The molecule has 4 heteroatoms. The Bertz CT molecular complexity index is 357. The molecule has 0 radical (unpaired) electrons. The number of methoxy groups -OCH3 is 1. The van der Waals surface area contributed by atoms with Gasteiger partial charge in [0.05, 0.1) is 25.4 Å². The molecule has 0 amide bonds. The lowest BCUT2D eigenvalue weighted by Crippen LogP contribution is -2.48. The van der Waals surface area contributed by atoms with Gasteiger partial charge in [0.15, 0.2) is 0 Å². The van der Waals surface area contributed by atoms with Gasteiger partial charge in [-0.25, -0.2) is 4.79 Å².